The van der Waals surface area contributed by atoms with Crippen molar-refractivity contribution in [1.82, 2.24) is 9.80 Å². The third-order valence-electron chi connectivity index (χ3n) is 4.77. The topological polar surface area (TPSA) is 96.8 Å². The molecule has 2 aromatic carbocycles. The maximum absolute atomic E-state index is 12.3. The van der Waals surface area contributed by atoms with E-state index >= 15 is 0 Å². The molecule has 30 heavy (non-hydrogen) atoms. The van der Waals surface area contributed by atoms with Gasteiger partial charge in [0.2, 0.25) is 0 Å². The molecule has 3 rings (SSSR count). The van der Waals surface area contributed by atoms with Gasteiger partial charge in [-0.25, -0.2) is 4.79 Å². The molecule has 1 fully saturated rings. The van der Waals surface area contributed by atoms with E-state index in [1.54, 1.807) is 34.9 Å². The Morgan fingerprint density at radius 1 is 1.10 bits per heavy atom. The van der Waals surface area contributed by atoms with E-state index in [-0.39, 0.29) is 12.7 Å². The lowest BCUT2D eigenvalue weighted by Crippen LogP contribution is -2.49. The first-order valence-corrected chi connectivity index (χ1v) is 11.3. The van der Waals surface area contributed by atoms with E-state index in [0.717, 1.165) is 41.5 Å². The third kappa shape index (κ3) is 6.58. The quantitative estimate of drug-likeness (QED) is 0.244. The van der Waals surface area contributed by atoms with Gasteiger partial charge in [0.1, 0.15) is 6.61 Å². The second-order valence-electron chi connectivity index (χ2n) is 6.90. The third-order valence-corrected chi connectivity index (χ3v) is 6.18. The first kappa shape index (κ1) is 22.8. The highest BCUT2D eigenvalue weighted by atomic mass is 35.5. The number of hydrogen-bond acceptors (Lipinski definition) is 7. The molecule has 1 heterocycles. The number of nitrogens with zero attached hydrogens (tertiary/aromatic N) is 2. The highest BCUT2D eigenvalue weighted by Crippen LogP contribution is 2.26. The first-order valence-electron chi connectivity index (χ1n) is 9.52. The lowest BCUT2D eigenvalue weighted by atomic mass is 10.2. The van der Waals surface area contributed by atoms with Gasteiger partial charge in [-0.05, 0) is 42.0 Å². The molecule has 0 spiro atoms. The van der Waals surface area contributed by atoms with E-state index < -0.39 is 0 Å². The summed E-state index contributed by atoms with van der Waals surface area (Å²) in [6.45, 7) is 4.00. The predicted molar refractivity (Wildman–Crippen MR) is 124 cm³/mol. The van der Waals surface area contributed by atoms with Gasteiger partial charge in [0, 0.05) is 53.4 Å². The van der Waals surface area contributed by atoms with Crippen LogP contribution in [0.15, 0.2) is 41.3 Å². The Hall–Kier alpha value is -1.84. The molecule has 10 heteroatoms. The second kappa shape index (κ2) is 11.0. The molecule has 0 unspecified atom stereocenters. The highest BCUT2D eigenvalue weighted by molar-refractivity contribution is 7.99. The fraction of sp³-hybridized carbons (Fsp3) is 0.350. The monoisotopic (exact) mass is 469 g/mol. The summed E-state index contributed by atoms with van der Waals surface area (Å²) in [7, 11) is 0. The Balaban J connectivity index is 1.37. The van der Waals surface area contributed by atoms with Crippen LogP contribution in [0.1, 0.15) is 5.56 Å². The summed E-state index contributed by atoms with van der Waals surface area (Å²) in [6.07, 6.45) is -0.316. The van der Waals surface area contributed by atoms with Crippen molar-refractivity contribution in [2.24, 2.45) is 5.84 Å². The summed E-state index contributed by atoms with van der Waals surface area (Å²) < 4.78 is 5.40. The van der Waals surface area contributed by atoms with Crippen LogP contribution < -0.4 is 17.0 Å². The van der Waals surface area contributed by atoms with Gasteiger partial charge < -0.3 is 20.8 Å². The molecule has 162 valence electrons. The number of hydrogen-bond donors (Lipinski definition) is 3. The largest absolute Gasteiger partial charge is 0.445 e. The van der Waals surface area contributed by atoms with Gasteiger partial charge in [0.05, 0.1) is 11.4 Å². The van der Waals surface area contributed by atoms with E-state index in [2.05, 4.69) is 10.3 Å². The summed E-state index contributed by atoms with van der Waals surface area (Å²) in [5, 5.41) is 1.05. The van der Waals surface area contributed by atoms with Crippen molar-refractivity contribution < 1.29 is 9.53 Å². The number of hydrazine groups is 1. The molecule has 2 aromatic rings. The molecule has 1 saturated heterocycles. The Kier molecular flexibility index (Phi) is 8.35. The number of anilines is 2. The molecule has 0 radical (unpaired) electrons. The molecule has 1 amide bonds. The number of piperazine rings is 1. The summed E-state index contributed by atoms with van der Waals surface area (Å²) in [4.78, 5) is 17.5. The normalized spacial score (nSPS) is 14.6. The molecule has 0 atom stereocenters. The number of carbonyl (C=O) groups is 1. The number of amides is 1. The average Bonchev–Trinajstić information content (AvgIpc) is 2.73. The fourth-order valence-electron chi connectivity index (χ4n) is 3.13. The van der Waals surface area contributed by atoms with Crippen LogP contribution in [0.4, 0.5) is 16.2 Å². The molecule has 0 aromatic heterocycles. The zero-order chi connectivity index (χ0) is 21.5. The molecule has 7 nitrogen and oxygen atoms in total. The van der Waals surface area contributed by atoms with Crippen LogP contribution >= 0.6 is 35.0 Å². The van der Waals surface area contributed by atoms with Crippen molar-refractivity contribution >= 4 is 52.4 Å². The Bertz CT molecular complexity index is 858. The maximum atomic E-state index is 12.3. The number of rotatable bonds is 7. The van der Waals surface area contributed by atoms with Crippen LogP contribution in [0.5, 0.6) is 0 Å². The number of benzene rings is 2. The molecular formula is C20H25Cl2N5O2S. The summed E-state index contributed by atoms with van der Waals surface area (Å²) in [6, 6.07) is 10.9. The van der Waals surface area contributed by atoms with E-state index in [9.17, 15) is 4.79 Å². The fourth-order valence-corrected chi connectivity index (χ4v) is 4.65. The summed E-state index contributed by atoms with van der Waals surface area (Å²) in [5.74, 6) is 6.41. The molecule has 0 bridgehead atoms. The van der Waals surface area contributed by atoms with Crippen molar-refractivity contribution in [3.05, 3.63) is 52.0 Å². The summed E-state index contributed by atoms with van der Waals surface area (Å²) >= 11 is 13.7. The van der Waals surface area contributed by atoms with Gasteiger partial charge >= 0.3 is 6.09 Å². The molecule has 5 N–H and O–H groups in total. The van der Waals surface area contributed by atoms with Crippen LogP contribution in [-0.4, -0.2) is 54.4 Å². The average molecular weight is 470 g/mol. The number of nitrogens with one attached hydrogen (secondary N) is 1. The van der Waals surface area contributed by atoms with E-state index in [1.165, 1.54) is 0 Å². The molecular weight excluding hydrogens is 445 g/mol. The zero-order valence-corrected chi connectivity index (χ0v) is 18.8. The van der Waals surface area contributed by atoms with Crippen molar-refractivity contribution in [3.8, 4) is 0 Å². The summed E-state index contributed by atoms with van der Waals surface area (Å²) in [5.41, 5.74) is 10.6. The minimum absolute atomic E-state index is 0.150. The highest BCUT2D eigenvalue weighted by Gasteiger charge is 2.22. The lowest BCUT2D eigenvalue weighted by Gasteiger charge is -2.34. The molecule has 1 aliphatic heterocycles. The zero-order valence-electron chi connectivity index (χ0n) is 16.4. The van der Waals surface area contributed by atoms with Gasteiger partial charge in [-0.2, -0.15) is 0 Å². The number of thioether (sulfide) groups is 1. The SMILES string of the molecule is NNc1cc(SCCN2CCN(C(=O)OCc3cc(Cl)cc(Cl)c3)CC2)ccc1N. The van der Waals surface area contributed by atoms with Crippen LogP contribution in [0.25, 0.3) is 0 Å². The Morgan fingerprint density at radius 3 is 2.47 bits per heavy atom. The lowest BCUT2D eigenvalue weighted by molar-refractivity contribution is 0.0731. The molecule has 0 aliphatic carbocycles. The van der Waals surface area contributed by atoms with Gasteiger partial charge in [-0.1, -0.05) is 23.2 Å². The minimum Gasteiger partial charge on any atom is -0.445 e. The van der Waals surface area contributed by atoms with Gasteiger partial charge in [-0.3, -0.25) is 10.7 Å². The minimum atomic E-state index is -0.316. The van der Waals surface area contributed by atoms with Crippen molar-refractivity contribution in [1.29, 1.82) is 0 Å². The van der Waals surface area contributed by atoms with Crippen LogP contribution in [0, 0.1) is 0 Å². The van der Waals surface area contributed by atoms with Gasteiger partial charge in [0.25, 0.3) is 0 Å². The number of ether oxygens (including phenoxy) is 1. The van der Waals surface area contributed by atoms with E-state index in [1.807, 2.05) is 18.2 Å². The Morgan fingerprint density at radius 2 is 1.80 bits per heavy atom. The number of nitrogens with two attached hydrogens (primary N) is 2. The standard InChI is InChI=1S/C20H25Cl2N5O2S/c21-15-9-14(10-16(22)11-15)13-29-20(28)27-5-3-26(4-6-27)7-8-30-17-1-2-18(23)19(12-17)25-24/h1-2,9-12,25H,3-8,13,23-24H2. The number of carbonyl (C=O) groups excluding carboxylic acids is 1. The van der Waals surface area contributed by atoms with Crippen molar-refractivity contribution in [3.63, 3.8) is 0 Å². The Labute approximate surface area is 190 Å². The van der Waals surface area contributed by atoms with Crippen LogP contribution in [-0.2, 0) is 11.3 Å². The van der Waals surface area contributed by atoms with Gasteiger partial charge in [0.15, 0.2) is 0 Å². The molecule has 1 aliphatic rings. The van der Waals surface area contributed by atoms with Crippen molar-refractivity contribution in [2.45, 2.75) is 11.5 Å². The van der Waals surface area contributed by atoms with Crippen LogP contribution in [0.3, 0.4) is 0 Å². The van der Waals surface area contributed by atoms with Gasteiger partial charge in [-0.15, -0.1) is 11.8 Å². The number of halogens is 2. The maximum Gasteiger partial charge on any atom is 0.410 e. The second-order valence-corrected chi connectivity index (χ2v) is 8.94. The van der Waals surface area contributed by atoms with Crippen LogP contribution in [0.2, 0.25) is 10.0 Å². The van der Waals surface area contributed by atoms with Crippen molar-refractivity contribution in [2.75, 3.05) is 49.6 Å². The first-order chi connectivity index (χ1) is 14.4. The smallest absolute Gasteiger partial charge is 0.410 e. The van der Waals surface area contributed by atoms with E-state index in [0.29, 0.717) is 28.8 Å². The predicted octanol–water partition coefficient (Wildman–Crippen LogP) is 3.91. The van der Waals surface area contributed by atoms with E-state index in [4.69, 9.17) is 39.5 Å². The molecule has 0 saturated carbocycles. The number of nitrogen functional groups attached to an aromatic ring is 2.